The second-order valence-electron chi connectivity index (χ2n) is 10.0. The zero-order valence-electron chi connectivity index (χ0n) is 19.6. The Hall–Kier alpha value is -1.75. The van der Waals surface area contributed by atoms with Crippen molar-refractivity contribution < 1.29 is 40.3 Å². The Bertz CT molecular complexity index is 775. The minimum Gasteiger partial charge on any atom is -0.443 e. The molecule has 32 heavy (non-hydrogen) atoms. The number of hydrogen-bond donors (Lipinski definition) is 0. The average Bonchev–Trinajstić information content (AvgIpc) is 2.54. The summed E-state index contributed by atoms with van der Waals surface area (Å²) in [6, 6.07) is 1.03. The highest BCUT2D eigenvalue weighted by atomic mass is 28.4. The predicted octanol–water partition coefficient (Wildman–Crippen LogP) is 7.49. The Labute approximate surface area is 186 Å². The van der Waals surface area contributed by atoms with Gasteiger partial charge in [0, 0.05) is 5.69 Å². The number of nitrogens with zero attached hydrogens (tertiary/aromatic N) is 1. The molecule has 1 rings (SSSR count). The Morgan fingerprint density at radius 2 is 1.31 bits per heavy atom. The number of carbonyl (C=O) groups excluding carboxylic acids is 1. The molecule has 1 amide bonds. The van der Waals surface area contributed by atoms with E-state index in [4.69, 9.17) is 9.16 Å². The maximum absolute atomic E-state index is 13.3. The van der Waals surface area contributed by atoms with Crippen molar-refractivity contribution in [1.29, 1.82) is 0 Å². The fraction of sp³-hybridized carbons (Fsp3) is 0.667. The van der Waals surface area contributed by atoms with Crippen LogP contribution in [0.5, 0.6) is 0 Å². The first-order valence-corrected chi connectivity index (χ1v) is 12.9. The zero-order valence-corrected chi connectivity index (χ0v) is 20.6. The molecule has 0 unspecified atom stereocenters. The molecule has 0 aliphatic rings. The van der Waals surface area contributed by atoms with E-state index < -0.39 is 49.2 Å². The Morgan fingerprint density at radius 3 is 1.66 bits per heavy atom. The molecule has 0 saturated carbocycles. The average molecular weight is 488 g/mol. The van der Waals surface area contributed by atoms with Gasteiger partial charge in [0.1, 0.15) is 5.60 Å². The molecule has 11 heteroatoms. The van der Waals surface area contributed by atoms with E-state index in [-0.39, 0.29) is 24.3 Å². The summed E-state index contributed by atoms with van der Waals surface area (Å²) in [7, 11) is -2.27. The number of benzene rings is 1. The summed E-state index contributed by atoms with van der Waals surface area (Å²) in [5.41, 5.74) is -4.60. The van der Waals surface area contributed by atoms with Crippen LogP contribution in [0.15, 0.2) is 18.2 Å². The SMILES string of the molecule is CC(C)(C)OC(=O)N(CCO[Si](C)(C)C(C)(C)C)c1cc(C(F)(F)F)cc(C(F)(F)F)c1. The lowest BCUT2D eigenvalue weighted by Crippen LogP contribution is -2.44. The van der Waals surface area contributed by atoms with Gasteiger partial charge in [-0.3, -0.25) is 4.90 Å². The molecule has 0 aromatic heterocycles. The van der Waals surface area contributed by atoms with Crippen molar-refractivity contribution in [2.24, 2.45) is 0 Å². The monoisotopic (exact) mass is 487 g/mol. The molecular weight excluding hydrogens is 456 g/mol. The summed E-state index contributed by atoms with van der Waals surface area (Å²) in [6.45, 7) is 14.1. The first-order chi connectivity index (χ1) is 14.0. The van der Waals surface area contributed by atoms with Gasteiger partial charge >= 0.3 is 18.4 Å². The molecule has 0 atom stereocenters. The third-order valence-electron chi connectivity index (χ3n) is 5.08. The van der Waals surface area contributed by atoms with Crippen molar-refractivity contribution >= 4 is 20.1 Å². The smallest absolute Gasteiger partial charge is 0.416 e. The van der Waals surface area contributed by atoms with E-state index >= 15 is 0 Å². The highest BCUT2D eigenvalue weighted by Crippen LogP contribution is 2.39. The summed E-state index contributed by atoms with van der Waals surface area (Å²) in [5, 5.41) is -0.177. The number of anilines is 1. The number of carbonyl (C=O) groups is 1. The van der Waals surface area contributed by atoms with Gasteiger partial charge in [-0.15, -0.1) is 0 Å². The second-order valence-corrected chi connectivity index (χ2v) is 14.8. The molecular formula is C21H31F6NO3Si. The molecule has 0 bridgehead atoms. The normalized spacial score (nSPS) is 13.8. The predicted molar refractivity (Wildman–Crippen MR) is 113 cm³/mol. The minimum absolute atomic E-state index is 0.0168. The van der Waals surface area contributed by atoms with Crippen LogP contribution in [0.25, 0.3) is 0 Å². The fourth-order valence-electron chi connectivity index (χ4n) is 2.35. The van der Waals surface area contributed by atoms with Crippen LogP contribution in [0.3, 0.4) is 0 Å². The Morgan fingerprint density at radius 1 is 0.875 bits per heavy atom. The van der Waals surface area contributed by atoms with Gasteiger partial charge in [0.15, 0.2) is 8.32 Å². The van der Waals surface area contributed by atoms with Crippen LogP contribution in [0.2, 0.25) is 18.1 Å². The van der Waals surface area contributed by atoms with Crippen LogP contribution < -0.4 is 4.90 Å². The van der Waals surface area contributed by atoms with Crippen molar-refractivity contribution in [2.75, 3.05) is 18.1 Å². The molecule has 0 aliphatic carbocycles. The molecule has 1 aromatic carbocycles. The third kappa shape index (κ3) is 7.98. The zero-order chi connectivity index (χ0) is 25.3. The maximum Gasteiger partial charge on any atom is 0.416 e. The van der Waals surface area contributed by atoms with E-state index in [1.807, 2.05) is 33.9 Å². The van der Waals surface area contributed by atoms with E-state index in [0.717, 1.165) is 4.90 Å². The van der Waals surface area contributed by atoms with E-state index in [0.29, 0.717) is 12.1 Å². The number of halogens is 6. The van der Waals surface area contributed by atoms with Crippen molar-refractivity contribution in [3.8, 4) is 0 Å². The van der Waals surface area contributed by atoms with Crippen molar-refractivity contribution in [1.82, 2.24) is 0 Å². The molecule has 0 heterocycles. The van der Waals surface area contributed by atoms with E-state index in [2.05, 4.69) is 0 Å². The molecule has 184 valence electrons. The Balaban J connectivity index is 3.43. The van der Waals surface area contributed by atoms with E-state index in [1.54, 1.807) is 20.8 Å². The van der Waals surface area contributed by atoms with Crippen LogP contribution in [-0.2, 0) is 21.5 Å². The number of amides is 1. The van der Waals surface area contributed by atoms with Crippen LogP contribution in [-0.4, -0.2) is 33.2 Å². The second kappa shape index (κ2) is 9.24. The van der Waals surface area contributed by atoms with Gasteiger partial charge in [-0.2, -0.15) is 26.3 Å². The number of rotatable bonds is 5. The van der Waals surface area contributed by atoms with Crippen molar-refractivity contribution in [3.05, 3.63) is 29.3 Å². The molecule has 0 N–H and O–H groups in total. The summed E-state index contributed by atoms with van der Waals surface area (Å²) >= 11 is 0. The quantitative estimate of drug-likeness (QED) is 0.319. The molecule has 0 saturated heterocycles. The minimum atomic E-state index is -5.03. The van der Waals surface area contributed by atoms with Gasteiger partial charge in [-0.05, 0) is 57.1 Å². The fourth-order valence-corrected chi connectivity index (χ4v) is 3.38. The standard InChI is InChI=1S/C21H31F6NO3Si/c1-18(2,3)31-17(29)28(9-10-30-32(7,8)19(4,5)6)16-12-14(20(22,23)24)11-15(13-16)21(25,26)27/h11-13H,9-10H2,1-8H3. The lowest BCUT2D eigenvalue weighted by atomic mass is 10.1. The summed E-state index contributed by atoms with van der Waals surface area (Å²) < 4.78 is 90.9. The van der Waals surface area contributed by atoms with Gasteiger partial charge < -0.3 is 9.16 Å². The Kier molecular flexibility index (Phi) is 8.17. The highest BCUT2D eigenvalue weighted by Gasteiger charge is 2.39. The third-order valence-corrected chi connectivity index (χ3v) is 9.62. The number of ether oxygens (including phenoxy) is 1. The molecule has 1 aromatic rings. The van der Waals surface area contributed by atoms with Gasteiger partial charge in [0.25, 0.3) is 0 Å². The van der Waals surface area contributed by atoms with E-state index in [1.165, 1.54) is 0 Å². The molecule has 0 radical (unpaired) electrons. The summed E-state index contributed by atoms with van der Waals surface area (Å²) in [4.78, 5) is 13.5. The van der Waals surface area contributed by atoms with Crippen LogP contribution in [0.1, 0.15) is 52.7 Å². The van der Waals surface area contributed by atoms with Gasteiger partial charge in [-0.25, -0.2) is 4.79 Å². The van der Waals surface area contributed by atoms with Crippen LogP contribution >= 0.6 is 0 Å². The molecule has 0 fully saturated rings. The maximum atomic E-state index is 13.3. The summed E-state index contributed by atoms with van der Waals surface area (Å²) in [6.07, 6.45) is -11.1. The highest BCUT2D eigenvalue weighted by molar-refractivity contribution is 6.74. The lowest BCUT2D eigenvalue weighted by molar-refractivity contribution is -0.143. The first-order valence-electron chi connectivity index (χ1n) is 9.98. The molecule has 4 nitrogen and oxygen atoms in total. The summed E-state index contributed by atoms with van der Waals surface area (Å²) in [5.74, 6) is 0. The number of hydrogen-bond acceptors (Lipinski definition) is 3. The van der Waals surface area contributed by atoms with Crippen molar-refractivity contribution in [3.63, 3.8) is 0 Å². The first kappa shape index (κ1) is 28.3. The topological polar surface area (TPSA) is 38.8 Å². The van der Waals surface area contributed by atoms with Gasteiger partial charge in [0.2, 0.25) is 0 Å². The number of alkyl halides is 6. The van der Waals surface area contributed by atoms with Crippen LogP contribution in [0, 0.1) is 0 Å². The molecule has 0 spiro atoms. The lowest BCUT2D eigenvalue weighted by Gasteiger charge is -2.37. The largest absolute Gasteiger partial charge is 0.443 e. The van der Waals surface area contributed by atoms with Crippen LogP contribution in [0.4, 0.5) is 36.8 Å². The van der Waals surface area contributed by atoms with E-state index in [9.17, 15) is 31.1 Å². The van der Waals surface area contributed by atoms with Gasteiger partial charge in [0.05, 0.1) is 24.3 Å². The van der Waals surface area contributed by atoms with Gasteiger partial charge in [-0.1, -0.05) is 20.8 Å². The molecule has 0 aliphatic heterocycles. The van der Waals surface area contributed by atoms with Crippen molar-refractivity contribution in [2.45, 2.75) is 77.6 Å².